The van der Waals surface area contributed by atoms with Crippen LogP contribution in [0, 0.1) is 16.7 Å². The first-order valence-corrected chi connectivity index (χ1v) is 18.7. The summed E-state index contributed by atoms with van der Waals surface area (Å²) >= 11 is -3.06. The van der Waals surface area contributed by atoms with Gasteiger partial charge in [0.05, 0.1) is 18.7 Å². The summed E-state index contributed by atoms with van der Waals surface area (Å²) in [5, 5.41) is 0. The van der Waals surface area contributed by atoms with Gasteiger partial charge in [-0.05, 0) is 38.0 Å². The normalized spacial score (nSPS) is 31.0. The van der Waals surface area contributed by atoms with Gasteiger partial charge in [-0.15, -0.1) is 0 Å². The molecule has 0 aliphatic heterocycles. The van der Waals surface area contributed by atoms with Crippen LogP contribution in [-0.4, -0.2) is 18.9 Å². The van der Waals surface area contributed by atoms with E-state index in [1.807, 2.05) is 0 Å². The zero-order valence-electron chi connectivity index (χ0n) is 14.1. The van der Waals surface area contributed by atoms with Crippen molar-refractivity contribution in [2.75, 3.05) is 13.1 Å². The van der Waals surface area contributed by atoms with E-state index in [1.165, 1.54) is 11.3 Å². The number of allylic oxidation sites excluding steroid dienone is 1. The first kappa shape index (κ1) is 24.5. The SMILES string of the molecule is CC[NH+](/C=C1/C(=O)C2(C)CCC1C2(C)C)CC.[Cl-].[Cl][Pt]([Cl])([Cl])[Cl]. The number of hydrogen-bond acceptors (Lipinski definition) is 1. The fourth-order valence-electron chi connectivity index (χ4n) is 3.77. The summed E-state index contributed by atoms with van der Waals surface area (Å²) in [4.78, 5) is 14.0. The van der Waals surface area contributed by atoms with Crippen LogP contribution in [0.3, 0.4) is 0 Å². The average molecular weight is 609 g/mol. The van der Waals surface area contributed by atoms with Crippen LogP contribution in [-0.2, 0) is 16.7 Å². The summed E-state index contributed by atoms with van der Waals surface area (Å²) in [5.74, 6) is 0.922. The number of hydrogen-bond donors (Lipinski definition) is 1. The quantitative estimate of drug-likeness (QED) is 0.484. The van der Waals surface area contributed by atoms with Crippen LogP contribution in [0.4, 0.5) is 0 Å². The number of Topliss-reactive ketones (excluding diaryl/α,β-unsaturated/α-hetero) is 1. The third kappa shape index (κ3) is 5.49. The van der Waals surface area contributed by atoms with Crippen molar-refractivity contribution in [1.29, 1.82) is 0 Å². The molecule has 0 radical (unpaired) electrons. The fraction of sp³-hybridized carbons (Fsp3) is 0.800. The van der Waals surface area contributed by atoms with Crippen molar-refractivity contribution < 1.29 is 34.0 Å². The van der Waals surface area contributed by atoms with Gasteiger partial charge in [-0.2, -0.15) is 0 Å². The van der Waals surface area contributed by atoms with Gasteiger partial charge in [-0.3, -0.25) is 4.79 Å². The van der Waals surface area contributed by atoms with E-state index in [0.717, 1.165) is 25.1 Å². The van der Waals surface area contributed by atoms with Gasteiger partial charge in [0.25, 0.3) is 0 Å². The molecule has 0 aromatic heterocycles. The molecule has 142 valence electrons. The monoisotopic (exact) mass is 606 g/mol. The minimum absolute atomic E-state index is 0. The van der Waals surface area contributed by atoms with E-state index in [1.54, 1.807) is 0 Å². The molecule has 2 rings (SSSR count). The Morgan fingerprint density at radius 1 is 1.17 bits per heavy atom. The number of quaternary nitrogens is 1. The fourth-order valence-corrected chi connectivity index (χ4v) is 3.77. The Labute approximate surface area is 165 Å². The average Bonchev–Trinajstić information content (AvgIpc) is 2.67. The van der Waals surface area contributed by atoms with E-state index in [-0.39, 0.29) is 23.2 Å². The van der Waals surface area contributed by atoms with E-state index >= 15 is 0 Å². The second-order valence-electron chi connectivity index (χ2n) is 6.71. The predicted octanol–water partition coefficient (Wildman–Crippen LogP) is 1.58. The van der Waals surface area contributed by atoms with Crippen molar-refractivity contribution in [3.8, 4) is 0 Å². The molecule has 0 amide bonds. The number of carbonyl (C=O) groups is 1. The van der Waals surface area contributed by atoms with Crippen LogP contribution in [0.25, 0.3) is 0 Å². The van der Waals surface area contributed by atoms with Crippen molar-refractivity contribution in [2.24, 2.45) is 16.7 Å². The van der Waals surface area contributed by atoms with Gasteiger partial charge in [0.2, 0.25) is 0 Å². The van der Waals surface area contributed by atoms with Gasteiger partial charge in [-0.25, -0.2) is 0 Å². The van der Waals surface area contributed by atoms with E-state index in [4.69, 9.17) is 37.7 Å². The summed E-state index contributed by atoms with van der Waals surface area (Å²) in [6.07, 6.45) is 4.50. The van der Waals surface area contributed by atoms with Gasteiger partial charge < -0.3 is 17.3 Å². The van der Waals surface area contributed by atoms with E-state index < -0.39 is 11.9 Å². The van der Waals surface area contributed by atoms with Crippen LogP contribution < -0.4 is 17.3 Å². The number of fused-ring (bicyclic) bond motifs is 2. The molecule has 8 heteroatoms. The minimum atomic E-state index is -3.06. The summed E-state index contributed by atoms with van der Waals surface area (Å²) in [6.45, 7) is 13.2. The molecule has 0 aromatic rings. The summed E-state index contributed by atoms with van der Waals surface area (Å²) in [7, 11) is 20.0. The predicted molar refractivity (Wildman–Crippen MR) is 93.2 cm³/mol. The Morgan fingerprint density at radius 3 is 1.91 bits per heavy atom. The van der Waals surface area contributed by atoms with Crippen LogP contribution in [0.15, 0.2) is 11.8 Å². The molecule has 2 fully saturated rings. The van der Waals surface area contributed by atoms with Gasteiger partial charge in [0.15, 0.2) is 5.78 Å². The van der Waals surface area contributed by atoms with E-state index in [9.17, 15) is 4.79 Å². The Balaban J connectivity index is 0.000000709. The van der Waals surface area contributed by atoms with Crippen molar-refractivity contribution in [3.05, 3.63) is 11.8 Å². The van der Waals surface area contributed by atoms with Gasteiger partial charge in [0, 0.05) is 5.41 Å². The second-order valence-corrected chi connectivity index (χ2v) is 26.4. The molecule has 0 aromatic carbocycles. The van der Waals surface area contributed by atoms with Gasteiger partial charge >= 0.3 is 49.6 Å². The Morgan fingerprint density at radius 2 is 1.61 bits per heavy atom. The third-order valence-corrected chi connectivity index (χ3v) is 5.63. The van der Waals surface area contributed by atoms with E-state index in [0.29, 0.717) is 11.7 Å². The number of ketones is 1. The third-order valence-electron chi connectivity index (χ3n) is 5.63. The number of halogens is 5. The Kier molecular flexibility index (Phi) is 9.52. The zero-order chi connectivity index (χ0) is 17.3. The first-order chi connectivity index (χ1) is 9.88. The van der Waals surface area contributed by atoms with Crippen LogP contribution >= 0.6 is 37.7 Å². The topological polar surface area (TPSA) is 21.5 Å². The molecule has 2 bridgehead atoms. The molecule has 0 heterocycles. The maximum atomic E-state index is 12.6. The van der Waals surface area contributed by atoms with E-state index in [2.05, 4.69) is 40.8 Å². The molecular weight excluding hydrogens is 583 g/mol. The van der Waals surface area contributed by atoms with Gasteiger partial charge in [-0.1, -0.05) is 20.8 Å². The molecule has 2 atom stereocenters. The van der Waals surface area contributed by atoms with Crippen LogP contribution in [0.1, 0.15) is 47.5 Å². The Hall–Kier alpha value is 1.51. The van der Waals surface area contributed by atoms with Crippen LogP contribution in [0.5, 0.6) is 0 Å². The molecule has 2 nitrogen and oxygen atoms in total. The van der Waals surface area contributed by atoms with Crippen molar-refractivity contribution >= 4 is 43.5 Å². The number of nitrogens with one attached hydrogen (secondary N) is 1. The van der Waals surface area contributed by atoms with Gasteiger partial charge in [0.1, 0.15) is 6.20 Å². The molecule has 2 saturated carbocycles. The molecule has 23 heavy (non-hydrogen) atoms. The molecule has 2 aliphatic rings. The molecule has 0 spiro atoms. The van der Waals surface area contributed by atoms with Crippen molar-refractivity contribution in [3.63, 3.8) is 0 Å². The number of carbonyl (C=O) groups excluding carboxylic acids is 1. The summed E-state index contributed by atoms with van der Waals surface area (Å²) in [6, 6.07) is 0. The molecule has 2 aliphatic carbocycles. The second kappa shape index (κ2) is 8.94. The molecule has 0 saturated heterocycles. The molecular formula is C15H26Cl5NOPt. The molecule has 2 unspecified atom stereocenters. The van der Waals surface area contributed by atoms with Crippen LogP contribution in [0.2, 0.25) is 0 Å². The number of rotatable bonds is 3. The maximum absolute atomic E-state index is 12.6. The van der Waals surface area contributed by atoms with Crippen molar-refractivity contribution in [1.82, 2.24) is 0 Å². The summed E-state index contributed by atoms with van der Waals surface area (Å²) < 4.78 is 0. The van der Waals surface area contributed by atoms with Crippen molar-refractivity contribution in [2.45, 2.75) is 47.5 Å². The standard InChI is InChI=1S/C15H25NO.5ClH.Pt/c1-6-16(7-2)10-11-12-8-9-15(5,13(11)17)14(12,3)4;;;;;;/h10,12H,6-9H2,1-5H3;5*1H;/q;;;;;;+4/p-4/b11-10+;;;;;;. The molecule has 1 N–H and O–H groups in total. The first-order valence-electron chi connectivity index (χ1n) is 7.47. The Bertz CT molecular complexity index is 453. The zero-order valence-corrected chi connectivity index (χ0v) is 20.1. The summed E-state index contributed by atoms with van der Waals surface area (Å²) in [5.41, 5.74) is 1.18.